The van der Waals surface area contributed by atoms with Crippen molar-refractivity contribution in [3.63, 3.8) is 0 Å². The molecule has 0 aliphatic carbocycles. The van der Waals surface area contributed by atoms with Crippen LogP contribution < -0.4 is 5.32 Å². The zero-order valence-electron chi connectivity index (χ0n) is 15.2. The van der Waals surface area contributed by atoms with E-state index in [9.17, 15) is 8.42 Å². The van der Waals surface area contributed by atoms with Crippen LogP contribution >= 0.6 is 0 Å². The number of pyridine rings is 1. The number of aromatic nitrogens is 5. The molecule has 0 saturated heterocycles. The number of nitrogens with one attached hydrogen (secondary N) is 1. The first-order valence-electron chi connectivity index (χ1n) is 8.37. The highest BCUT2D eigenvalue weighted by molar-refractivity contribution is 7.89. The first kappa shape index (κ1) is 18.3. The summed E-state index contributed by atoms with van der Waals surface area (Å²) in [6.07, 6.45) is 4.53. The normalized spacial score (nSPS) is 12.2. The minimum absolute atomic E-state index is 0.0571. The van der Waals surface area contributed by atoms with E-state index in [2.05, 4.69) is 39.4 Å². The molecule has 0 fully saturated rings. The Kier molecular flexibility index (Phi) is 4.94. The third kappa shape index (κ3) is 3.85. The summed E-state index contributed by atoms with van der Waals surface area (Å²) in [5.41, 5.74) is 2.19. The Morgan fingerprint density at radius 2 is 2.04 bits per heavy atom. The van der Waals surface area contributed by atoms with E-state index < -0.39 is 9.84 Å². The second-order valence-corrected chi connectivity index (χ2v) is 8.73. The van der Waals surface area contributed by atoms with Gasteiger partial charge in [0.25, 0.3) is 5.89 Å². The predicted octanol–water partition coefficient (Wildman–Crippen LogP) is 2.11. The van der Waals surface area contributed by atoms with Crippen molar-refractivity contribution in [1.29, 1.82) is 0 Å². The van der Waals surface area contributed by atoms with Gasteiger partial charge in [0.05, 0.1) is 22.8 Å². The first-order valence-corrected chi connectivity index (χ1v) is 10.4. The van der Waals surface area contributed by atoms with E-state index in [-0.39, 0.29) is 17.5 Å². The predicted molar refractivity (Wildman–Crippen MR) is 98.4 cm³/mol. The number of hydrogen-bond donors (Lipinski definition) is 1. The van der Waals surface area contributed by atoms with E-state index in [0.29, 0.717) is 18.0 Å². The summed E-state index contributed by atoms with van der Waals surface area (Å²) < 4.78 is 30.3. The van der Waals surface area contributed by atoms with Gasteiger partial charge in [0, 0.05) is 25.5 Å². The van der Waals surface area contributed by atoms with Crippen molar-refractivity contribution in [3.8, 4) is 11.5 Å². The van der Waals surface area contributed by atoms with Gasteiger partial charge in [-0.25, -0.2) is 18.1 Å². The summed E-state index contributed by atoms with van der Waals surface area (Å²) in [6, 6.07) is 0. The molecule has 1 N–H and O–H groups in total. The van der Waals surface area contributed by atoms with E-state index in [4.69, 9.17) is 4.42 Å². The Bertz CT molecular complexity index is 1020. The van der Waals surface area contributed by atoms with Gasteiger partial charge in [-0.05, 0) is 12.8 Å². The third-order valence-electron chi connectivity index (χ3n) is 3.74. The summed E-state index contributed by atoms with van der Waals surface area (Å²) in [6.45, 7) is 7.67. The maximum absolute atomic E-state index is 11.4. The SMILES string of the molecule is CCn1ncc2c(NCC(C)C)c(-c3nnc(CS(C)(=O)=O)o3)cnc21. The molecule has 3 aromatic heterocycles. The Morgan fingerprint density at radius 3 is 2.69 bits per heavy atom. The van der Waals surface area contributed by atoms with Crippen LogP contribution in [0.3, 0.4) is 0 Å². The molecule has 26 heavy (non-hydrogen) atoms. The van der Waals surface area contributed by atoms with Gasteiger partial charge >= 0.3 is 0 Å². The van der Waals surface area contributed by atoms with Crippen molar-refractivity contribution >= 4 is 26.6 Å². The van der Waals surface area contributed by atoms with Gasteiger partial charge in [0.1, 0.15) is 5.75 Å². The van der Waals surface area contributed by atoms with Crippen LogP contribution in [0.1, 0.15) is 26.7 Å². The van der Waals surface area contributed by atoms with Crippen molar-refractivity contribution in [3.05, 3.63) is 18.3 Å². The van der Waals surface area contributed by atoms with Crippen molar-refractivity contribution in [2.45, 2.75) is 33.1 Å². The topological polar surface area (TPSA) is 116 Å². The molecule has 0 amide bonds. The molecule has 0 aromatic carbocycles. The number of anilines is 1. The van der Waals surface area contributed by atoms with Gasteiger partial charge in [-0.15, -0.1) is 10.2 Å². The van der Waals surface area contributed by atoms with Crippen molar-refractivity contribution in [2.75, 3.05) is 18.1 Å². The average Bonchev–Trinajstić information content (AvgIpc) is 3.17. The summed E-state index contributed by atoms with van der Waals surface area (Å²) in [7, 11) is -3.25. The summed E-state index contributed by atoms with van der Waals surface area (Å²) >= 11 is 0. The molecule has 0 unspecified atom stereocenters. The second kappa shape index (κ2) is 7.02. The highest BCUT2D eigenvalue weighted by atomic mass is 32.2. The second-order valence-electron chi connectivity index (χ2n) is 6.59. The van der Waals surface area contributed by atoms with Crippen LogP contribution in [0, 0.1) is 5.92 Å². The van der Waals surface area contributed by atoms with Gasteiger partial charge in [0.2, 0.25) is 5.89 Å². The molecule has 0 spiro atoms. The Balaban J connectivity index is 2.08. The van der Waals surface area contributed by atoms with Gasteiger partial charge in [-0.2, -0.15) is 5.10 Å². The fraction of sp³-hybridized carbons (Fsp3) is 0.500. The van der Waals surface area contributed by atoms with E-state index in [1.807, 2.05) is 11.6 Å². The number of fused-ring (bicyclic) bond motifs is 1. The average molecular weight is 378 g/mol. The standard InChI is InChI=1S/C16H22N6O3S/c1-5-22-15-11(8-19-22)14(17-6-10(2)3)12(7-18-15)16-21-20-13(25-16)9-26(4,23)24/h7-8,10H,5-6,9H2,1-4H3,(H,17,18). The Hall–Kier alpha value is -2.49. The number of rotatable bonds is 7. The number of hydrogen-bond acceptors (Lipinski definition) is 8. The number of aryl methyl sites for hydroxylation is 1. The fourth-order valence-corrected chi connectivity index (χ4v) is 3.13. The van der Waals surface area contributed by atoms with E-state index in [1.54, 1.807) is 12.4 Å². The Labute approximate surface area is 151 Å². The monoisotopic (exact) mass is 378 g/mol. The quantitative estimate of drug-likeness (QED) is 0.664. The molecule has 0 aliphatic heterocycles. The number of nitrogens with zero attached hydrogens (tertiary/aromatic N) is 5. The molecule has 3 rings (SSSR count). The smallest absolute Gasteiger partial charge is 0.251 e. The van der Waals surface area contributed by atoms with E-state index in [1.165, 1.54) is 0 Å². The molecule has 0 atom stereocenters. The molecule has 3 heterocycles. The lowest BCUT2D eigenvalue weighted by Gasteiger charge is -2.13. The molecule has 0 radical (unpaired) electrons. The molecule has 0 aliphatic rings. The van der Waals surface area contributed by atoms with Crippen LogP contribution in [0.5, 0.6) is 0 Å². The van der Waals surface area contributed by atoms with Crippen LogP contribution in [0.25, 0.3) is 22.5 Å². The van der Waals surface area contributed by atoms with Crippen molar-refractivity contribution in [2.24, 2.45) is 5.92 Å². The zero-order valence-corrected chi connectivity index (χ0v) is 16.0. The lowest BCUT2D eigenvalue weighted by Crippen LogP contribution is -2.09. The molecule has 140 valence electrons. The maximum Gasteiger partial charge on any atom is 0.251 e. The van der Waals surface area contributed by atoms with Crippen LogP contribution in [-0.4, -0.2) is 46.2 Å². The van der Waals surface area contributed by atoms with Gasteiger partial charge in [-0.3, -0.25) is 0 Å². The zero-order chi connectivity index (χ0) is 18.9. The first-order chi connectivity index (χ1) is 12.3. The minimum Gasteiger partial charge on any atom is -0.419 e. The Morgan fingerprint density at radius 1 is 1.27 bits per heavy atom. The molecular formula is C16H22N6O3S. The van der Waals surface area contributed by atoms with Gasteiger partial charge < -0.3 is 9.73 Å². The van der Waals surface area contributed by atoms with Crippen molar-refractivity contribution in [1.82, 2.24) is 25.0 Å². The van der Waals surface area contributed by atoms with Crippen LogP contribution in [0.2, 0.25) is 0 Å². The highest BCUT2D eigenvalue weighted by Crippen LogP contribution is 2.33. The molecule has 0 bridgehead atoms. The molecule has 9 nitrogen and oxygen atoms in total. The lowest BCUT2D eigenvalue weighted by molar-refractivity contribution is 0.519. The van der Waals surface area contributed by atoms with Crippen molar-refractivity contribution < 1.29 is 12.8 Å². The van der Waals surface area contributed by atoms with Crippen LogP contribution in [-0.2, 0) is 22.1 Å². The van der Waals surface area contributed by atoms with Crippen LogP contribution in [0.4, 0.5) is 5.69 Å². The fourth-order valence-electron chi connectivity index (χ4n) is 2.56. The van der Waals surface area contributed by atoms with E-state index in [0.717, 1.165) is 29.5 Å². The molecule has 0 saturated carbocycles. The molecular weight excluding hydrogens is 356 g/mol. The van der Waals surface area contributed by atoms with Crippen LogP contribution in [0.15, 0.2) is 16.8 Å². The third-order valence-corrected chi connectivity index (χ3v) is 4.51. The minimum atomic E-state index is -3.25. The molecule has 10 heteroatoms. The highest BCUT2D eigenvalue weighted by Gasteiger charge is 2.20. The lowest BCUT2D eigenvalue weighted by atomic mass is 10.1. The van der Waals surface area contributed by atoms with Gasteiger partial charge in [0.15, 0.2) is 15.5 Å². The maximum atomic E-state index is 11.4. The summed E-state index contributed by atoms with van der Waals surface area (Å²) in [5.74, 6) is 0.420. The van der Waals surface area contributed by atoms with E-state index >= 15 is 0 Å². The van der Waals surface area contributed by atoms with Gasteiger partial charge in [-0.1, -0.05) is 13.8 Å². The largest absolute Gasteiger partial charge is 0.419 e. The summed E-state index contributed by atoms with van der Waals surface area (Å²) in [4.78, 5) is 4.47. The number of sulfone groups is 1. The molecule has 3 aromatic rings. The summed E-state index contributed by atoms with van der Waals surface area (Å²) in [5, 5.41) is 16.5.